The van der Waals surface area contributed by atoms with Gasteiger partial charge < -0.3 is 4.42 Å². The fourth-order valence-electron chi connectivity index (χ4n) is 2.21. The standard InChI is InChI=1S/C15H17N5O/c1-20-11-13(18-19-20)10-17-14(15-16-7-8-21-15)9-12-5-3-2-4-6-12/h2-8,11,14,17H,9-10H2,1H3. The highest BCUT2D eigenvalue weighted by Gasteiger charge is 2.16. The maximum atomic E-state index is 5.45. The Hall–Kier alpha value is -2.47. The molecule has 1 unspecified atom stereocenters. The second-order valence-corrected chi connectivity index (χ2v) is 4.88. The average Bonchev–Trinajstić information content (AvgIpc) is 3.16. The normalized spacial score (nSPS) is 12.4. The molecular formula is C15H17N5O. The van der Waals surface area contributed by atoms with Crippen molar-refractivity contribution < 1.29 is 4.42 Å². The van der Waals surface area contributed by atoms with E-state index in [2.05, 4.69) is 32.7 Å². The summed E-state index contributed by atoms with van der Waals surface area (Å²) in [6.07, 6.45) is 5.96. The number of rotatable bonds is 6. The molecular weight excluding hydrogens is 266 g/mol. The molecule has 0 aliphatic rings. The third-order valence-corrected chi connectivity index (χ3v) is 3.21. The van der Waals surface area contributed by atoms with Gasteiger partial charge in [0.05, 0.1) is 17.9 Å². The van der Waals surface area contributed by atoms with Crippen molar-refractivity contribution in [2.45, 2.75) is 19.0 Å². The van der Waals surface area contributed by atoms with Gasteiger partial charge in [0.15, 0.2) is 0 Å². The van der Waals surface area contributed by atoms with Gasteiger partial charge in [-0.15, -0.1) is 5.10 Å². The van der Waals surface area contributed by atoms with Gasteiger partial charge in [0.25, 0.3) is 0 Å². The van der Waals surface area contributed by atoms with E-state index in [1.54, 1.807) is 17.1 Å². The summed E-state index contributed by atoms with van der Waals surface area (Å²) in [6.45, 7) is 0.619. The Morgan fingerprint density at radius 3 is 2.81 bits per heavy atom. The van der Waals surface area contributed by atoms with Crippen LogP contribution in [0.3, 0.4) is 0 Å². The second-order valence-electron chi connectivity index (χ2n) is 4.88. The van der Waals surface area contributed by atoms with Gasteiger partial charge in [0.2, 0.25) is 5.89 Å². The highest BCUT2D eigenvalue weighted by Crippen LogP contribution is 2.17. The van der Waals surface area contributed by atoms with E-state index in [1.807, 2.05) is 31.4 Å². The van der Waals surface area contributed by atoms with E-state index in [9.17, 15) is 0 Å². The molecule has 0 aliphatic heterocycles. The van der Waals surface area contributed by atoms with Crippen molar-refractivity contribution in [2.75, 3.05) is 0 Å². The van der Waals surface area contributed by atoms with Crippen LogP contribution in [0.15, 0.2) is 53.4 Å². The monoisotopic (exact) mass is 283 g/mol. The van der Waals surface area contributed by atoms with E-state index in [4.69, 9.17) is 4.42 Å². The zero-order valence-corrected chi connectivity index (χ0v) is 11.8. The summed E-state index contributed by atoms with van der Waals surface area (Å²) in [7, 11) is 1.85. The predicted octanol–water partition coefficient (Wildman–Crippen LogP) is 1.88. The van der Waals surface area contributed by atoms with Crippen molar-refractivity contribution in [3.63, 3.8) is 0 Å². The Balaban J connectivity index is 1.70. The number of oxazole rings is 1. The van der Waals surface area contributed by atoms with Crippen LogP contribution in [0.5, 0.6) is 0 Å². The Morgan fingerprint density at radius 2 is 2.14 bits per heavy atom. The lowest BCUT2D eigenvalue weighted by Crippen LogP contribution is -2.23. The first-order valence-electron chi connectivity index (χ1n) is 6.83. The minimum Gasteiger partial charge on any atom is -0.447 e. The molecule has 108 valence electrons. The van der Waals surface area contributed by atoms with Gasteiger partial charge in [0.1, 0.15) is 6.26 Å². The SMILES string of the molecule is Cn1cc(CNC(Cc2ccccc2)c2ncco2)nn1. The van der Waals surface area contributed by atoms with Crippen LogP contribution in [0.25, 0.3) is 0 Å². The van der Waals surface area contributed by atoms with E-state index < -0.39 is 0 Å². The molecule has 0 amide bonds. The van der Waals surface area contributed by atoms with Gasteiger partial charge in [-0.3, -0.25) is 10.00 Å². The molecule has 3 aromatic rings. The zero-order valence-electron chi connectivity index (χ0n) is 11.8. The van der Waals surface area contributed by atoms with E-state index in [0.717, 1.165) is 12.1 Å². The second kappa shape index (κ2) is 6.32. The molecule has 3 rings (SSSR count). The molecule has 0 fully saturated rings. The number of nitrogens with one attached hydrogen (secondary N) is 1. The van der Waals surface area contributed by atoms with E-state index in [-0.39, 0.29) is 6.04 Å². The van der Waals surface area contributed by atoms with Crippen LogP contribution in [0.4, 0.5) is 0 Å². The largest absolute Gasteiger partial charge is 0.447 e. The Kier molecular flexibility index (Phi) is 4.07. The molecule has 2 heterocycles. The summed E-state index contributed by atoms with van der Waals surface area (Å²) in [5.41, 5.74) is 2.12. The molecule has 0 saturated carbocycles. The quantitative estimate of drug-likeness (QED) is 0.748. The Bertz CT molecular complexity index is 662. The smallest absolute Gasteiger partial charge is 0.211 e. The maximum Gasteiger partial charge on any atom is 0.211 e. The molecule has 0 bridgehead atoms. The topological polar surface area (TPSA) is 68.8 Å². The average molecular weight is 283 g/mol. The molecule has 6 heteroatoms. The van der Waals surface area contributed by atoms with Gasteiger partial charge in [-0.25, -0.2) is 4.98 Å². The van der Waals surface area contributed by atoms with Crippen molar-refractivity contribution in [3.05, 3.63) is 66.1 Å². The fourth-order valence-corrected chi connectivity index (χ4v) is 2.21. The molecule has 1 N–H and O–H groups in total. The summed E-state index contributed by atoms with van der Waals surface area (Å²) in [5, 5.41) is 11.4. The summed E-state index contributed by atoms with van der Waals surface area (Å²) < 4.78 is 7.14. The molecule has 1 atom stereocenters. The molecule has 0 spiro atoms. The lowest BCUT2D eigenvalue weighted by molar-refractivity contribution is 0.393. The first-order chi connectivity index (χ1) is 10.3. The highest BCUT2D eigenvalue weighted by molar-refractivity contribution is 5.17. The van der Waals surface area contributed by atoms with Crippen LogP contribution in [0, 0.1) is 0 Å². The van der Waals surface area contributed by atoms with Crippen molar-refractivity contribution in [1.82, 2.24) is 25.3 Å². The minimum atomic E-state index is 0.00408. The first kappa shape index (κ1) is 13.5. The van der Waals surface area contributed by atoms with Crippen LogP contribution in [-0.2, 0) is 20.0 Å². The van der Waals surface area contributed by atoms with Crippen molar-refractivity contribution in [3.8, 4) is 0 Å². The number of nitrogens with zero attached hydrogens (tertiary/aromatic N) is 4. The third-order valence-electron chi connectivity index (χ3n) is 3.21. The number of aryl methyl sites for hydroxylation is 1. The first-order valence-corrected chi connectivity index (χ1v) is 6.83. The molecule has 0 saturated heterocycles. The van der Waals surface area contributed by atoms with Gasteiger partial charge in [-0.05, 0) is 12.0 Å². The van der Waals surface area contributed by atoms with Crippen LogP contribution in [0.1, 0.15) is 23.2 Å². The molecule has 0 radical (unpaired) electrons. The zero-order chi connectivity index (χ0) is 14.5. The van der Waals surface area contributed by atoms with E-state index in [0.29, 0.717) is 12.4 Å². The molecule has 6 nitrogen and oxygen atoms in total. The summed E-state index contributed by atoms with van der Waals surface area (Å²) >= 11 is 0. The number of benzene rings is 1. The fraction of sp³-hybridized carbons (Fsp3) is 0.267. The molecule has 2 aromatic heterocycles. The summed E-state index contributed by atoms with van der Waals surface area (Å²) in [6, 6.07) is 10.3. The van der Waals surface area contributed by atoms with Gasteiger partial charge >= 0.3 is 0 Å². The van der Waals surface area contributed by atoms with Gasteiger partial charge in [-0.1, -0.05) is 35.5 Å². The highest BCUT2D eigenvalue weighted by atomic mass is 16.3. The van der Waals surface area contributed by atoms with E-state index >= 15 is 0 Å². The summed E-state index contributed by atoms with van der Waals surface area (Å²) in [5.74, 6) is 0.683. The van der Waals surface area contributed by atoms with Gasteiger partial charge in [-0.2, -0.15) is 0 Å². The predicted molar refractivity (Wildman–Crippen MR) is 77.2 cm³/mol. The number of hydrogen-bond donors (Lipinski definition) is 1. The lowest BCUT2D eigenvalue weighted by atomic mass is 10.1. The number of hydrogen-bond acceptors (Lipinski definition) is 5. The van der Waals surface area contributed by atoms with Crippen molar-refractivity contribution in [1.29, 1.82) is 0 Å². The summed E-state index contributed by atoms with van der Waals surface area (Å²) in [4.78, 5) is 4.26. The molecule has 1 aromatic carbocycles. The Labute approximate surface area is 122 Å². The van der Waals surface area contributed by atoms with E-state index in [1.165, 1.54) is 5.56 Å². The minimum absolute atomic E-state index is 0.00408. The van der Waals surface area contributed by atoms with Crippen LogP contribution in [-0.4, -0.2) is 20.0 Å². The van der Waals surface area contributed by atoms with Crippen LogP contribution >= 0.6 is 0 Å². The molecule has 0 aliphatic carbocycles. The number of aromatic nitrogens is 4. The van der Waals surface area contributed by atoms with Crippen molar-refractivity contribution in [2.24, 2.45) is 7.05 Å². The molecule has 21 heavy (non-hydrogen) atoms. The third kappa shape index (κ3) is 3.55. The lowest BCUT2D eigenvalue weighted by Gasteiger charge is -2.14. The Morgan fingerprint density at radius 1 is 1.29 bits per heavy atom. The van der Waals surface area contributed by atoms with Crippen LogP contribution in [0.2, 0.25) is 0 Å². The van der Waals surface area contributed by atoms with Crippen molar-refractivity contribution >= 4 is 0 Å². The van der Waals surface area contributed by atoms with Gasteiger partial charge in [0, 0.05) is 19.8 Å². The van der Waals surface area contributed by atoms with Crippen LogP contribution < -0.4 is 5.32 Å². The maximum absolute atomic E-state index is 5.45.